The highest BCUT2D eigenvalue weighted by molar-refractivity contribution is 5.76. The number of aromatic nitrogens is 4. The van der Waals surface area contributed by atoms with E-state index in [9.17, 15) is 26.7 Å². The normalized spacial score (nSPS) is 14.7. The molecule has 1 aromatic carbocycles. The summed E-state index contributed by atoms with van der Waals surface area (Å²) in [6.07, 6.45) is -3.90. The minimum Gasteiger partial charge on any atom is -0.473 e. The summed E-state index contributed by atoms with van der Waals surface area (Å²) < 4.78 is 77.7. The maximum Gasteiger partial charge on any atom is 0.435 e. The largest absolute Gasteiger partial charge is 0.473 e. The van der Waals surface area contributed by atoms with E-state index in [4.69, 9.17) is 9.47 Å². The van der Waals surface area contributed by atoms with Gasteiger partial charge in [-0.25, -0.2) is 8.78 Å². The zero-order valence-corrected chi connectivity index (χ0v) is 18.4. The van der Waals surface area contributed by atoms with Gasteiger partial charge in [0.25, 0.3) is 0 Å². The van der Waals surface area contributed by atoms with Crippen LogP contribution in [0.4, 0.5) is 22.0 Å². The van der Waals surface area contributed by atoms with Gasteiger partial charge in [-0.3, -0.25) is 9.48 Å². The minimum absolute atomic E-state index is 0.121. The fourth-order valence-electron chi connectivity index (χ4n) is 3.54. The van der Waals surface area contributed by atoms with Crippen molar-refractivity contribution in [2.75, 3.05) is 13.1 Å². The number of nitrogens with zero attached hydrogens (tertiary/aromatic N) is 5. The fraction of sp³-hybridized carbons (Fsp3) is 0.364. The third kappa shape index (κ3) is 5.84. The van der Waals surface area contributed by atoms with E-state index in [1.165, 1.54) is 25.1 Å². The predicted molar refractivity (Wildman–Crippen MR) is 111 cm³/mol. The predicted octanol–water partition coefficient (Wildman–Crippen LogP) is 4.14. The van der Waals surface area contributed by atoms with Crippen LogP contribution in [0.3, 0.4) is 0 Å². The van der Waals surface area contributed by atoms with Crippen molar-refractivity contribution in [3.8, 4) is 17.5 Å². The molecule has 13 heteroatoms. The average Bonchev–Trinajstić information content (AvgIpc) is 3.19. The molecule has 0 N–H and O–H groups in total. The van der Waals surface area contributed by atoms with Crippen molar-refractivity contribution in [1.82, 2.24) is 24.9 Å². The van der Waals surface area contributed by atoms with E-state index in [0.29, 0.717) is 25.9 Å². The molecule has 2 aromatic heterocycles. The smallest absolute Gasteiger partial charge is 0.435 e. The standard InChI is InChI=1S/C22H20F5N5O3/c1-13-11-17(22(25,26)27)30-32(13)12-20(33)31-9-7-14(8-10-31)34-18-5-6-19(29-28-18)35-21-15(23)3-2-4-16(21)24/h2-6,11,14H,7-10,12H2,1H3. The van der Waals surface area contributed by atoms with Gasteiger partial charge >= 0.3 is 6.18 Å². The minimum atomic E-state index is -4.57. The number of piperidine rings is 1. The molecule has 1 aliphatic rings. The first-order valence-electron chi connectivity index (χ1n) is 10.6. The van der Waals surface area contributed by atoms with Crippen LogP contribution in [0.5, 0.6) is 17.5 Å². The van der Waals surface area contributed by atoms with Gasteiger partial charge in [0.15, 0.2) is 17.3 Å². The highest BCUT2D eigenvalue weighted by Gasteiger charge is 2.35. The molecule has 4 rings (SSSR count). The van der Waals surface area contributed by atoms with E-state index in [1.807, 2.05) is 0 Å². The molecule has 0 saturated carbocycles. The number of benzene rings is 1. The Morgan fingerprint density at radius 2 is 1.69 bits per heavy atom. The molecule has 0 bridgehead atoms. The fourth-order valence-corrected chi connectivity index (χ4v) is 3.54. The lowest BCUT2D eigenvalue weighted by molar-refractivity contribution is -0.142. The number of ether oxygens (including phenoxy) is 2. The van der Waals surface area contributed by atoms with Gasteiger partial charge in [-0.2, -0.15) is 18.3 Å². The van der Waals surface area contributed by atoms with Crippen molar-refractivity contribution >= 4 is 5.91 Å². The third-order valence-electron chi connectivity index (χ3n) is 5.38. The molecule has 3 heterocycles. The number of hydrogen-bond acceptors (Lipinski definition) is 6. The van der Waals surface area contributed by atoms with Crippen LogP contribution in [0.15, 0.2) is 36.4 Å². The van der Waals surface area contributed by atoms with Crippen molar-refractivity contribution in [3.63, 3.8) is 0 Å². The Morgan fingerprint density at radius 1 is 1.06 bits per heavy atom. The Labute approximate surface area is 196 Å². The van der Waals surface area contributed by atoms with Crippen LogP contribution >= 0.6 is 0 Å². The summed E-state index contributed by atoms with van der Waals surface area (Å²) in [5.74, 6) is -2.64. The van der Waals surface area contributed by atoms with E-state index in [2.05, 4.69) is 15.3 Å². The second kappa shape index (κ2) is 9.84. The summed E-state index contributed by atoms with van der Waals surface area (Å²) >= 11 is 0. The van der Waals surface area contributed by atoms with Crippen molar-refractivity contribution in [3.05, 3.63) is 59.4 Å². The molecule has 186 valence electrons. The van der Waals surface area contributed by atoms with Gasteiger partial charge < -0.3 is 14.4 Å². The van der Waals surface area contributed by atoms with Gasteiger partial charge in [0.1, 0.15) is 12.6 Å². The number of alkyl halides is 3. The van der Waals surface area contributed by atoms with Crippen molar-refractivity contribution in [2.24, 2.45) is 0 Å². The van der Waals surface area contributed by atoms with Gasteiger partial charge in [0.05, 0.1) is 0 Å². The summed E-state index contributed by atoms with van der Waals surface area (Å²) in [5, 5.41) is 11.1. The highest BCUT2D eigenvalue weighted by Crippen LogP contribution is 2.29. The van der Waals surface area contributed by atoms with Crippen LogP contribution in [0, 0.1) is 18.6 Å². The lowest BCUT2D eigenvalue weighted by atomic mass is 10.1. The molecule has 1 fully saturated rings. The molecule has 0 atom stereocenters. The summed E-state index contributed by atoms with van der Waals surface area (Å²) in [7, 11) is 0. The molecular weight excluding hydrogens is 477 g/mol. The van der Waals surface area contributed by atoms with E-state index in [1.54, 1.807) is 4.90 Å². The molecule has 35 heavy (non-hydrogen) atoms. The Hall–Kier alpha value is -3.77. The molecule has 1 saturated heterocycles. The number of aryl methyl sites for hydroxylation is 1. The maximum atomic E-state index is 13.7. The van der Waals surface area contributed by atoms with Gasteiger partial charge in [-0.15, -0.1) is 10.2 Å². The number of carbonyl (C=O) groups excluding carboxylic acids is 1. The number of para-hydroxylation sites is 1. The molecule has 0 radical (unpaired) electrons. The molecule has 1 aliphatic heterocycles. The molecule has 8 nitrogen and oxygen atoms in total. The topological polar surface area (TPSA) is 82.4 Å². The number of amides is 1. The Bertz CT molecular complexity index is 1170. The summed E-state index contributed by atoms with van der Waals surface area (Å²) in [5.41, 5.74) is -0.792. The van der Waals surface area contributed by atoms with Crippen molar-refractivity contribution < 1.29 is 36.2 Å². The zero-order chi connectivity index (χ0) is 25.2. The Balaban J connectivity index is 1.28. The highest BCUT2D eigenvalue weighted by atomic mass is 19.4. The quantitative estimate of drug-likeness (QED) is 0.476. The average molecular weight is 497 g/mol. The third-order valence-corrected chi connectivity index (χ3v) is 5.38. The summed E-state index contributed by atoms with van der Waals surface area (Å²) in [4.78, 5) is 14.1. The van der Waals surface area contributed by atoms with Gasteiger partial charge in [0, 0.05) is 43.8 Å². The maximum absolute atomic E-state index is 13.7. The molecule has 1 amide bonds. The zero-order valence-electron chi connectivity index (χ0n) is 18.4. The molecule has 0 aliphatic carbocycles. The first kappa shape index (κ1) is 24.4. The SMILES string of the molecule is Cc1cc(C(F)(F)F)nn1CC(=O)N1CCC(Oc2ccc(Oc3c(F)cccc3F)nn2)CC1. The van der Waals surface area contributed by atoms with Crippen molar-refractivity contribution in [2.45, 2.75) is 38.6 Å². The molecular formula is C22H20F5N5O3. The Kier molecular flexibility index (Phi) is 6.85. The lowest BCUT2D eigenvalue weighted by Gasteiger charge is -2.32. The second-order valence-corrected chi connectivity index (χ2v) is 7.89. The van der Waals surface area contributed by atoms with Crippen LogP contribution in [-0.2, 0) is 17.5 Å². The van der Waals surface area contributed by atoms with E-state index in [-0.39, 0.29) is 36.0 Å². The van der Waals surface area contributed by atoms with Gasteiger partial charge in [0.2, 0.25) is 23.4 Å². The first-order valence-corrected chi connectivity index (χ1v) is 10.6. The van der Waals surface area contributed by atoms with E-state index < -0.39 is 29.3 Å². The lowest BCUT2D eigenvalue weighted by Crippen LogP contribution is -2.43. The van der Waals surface area contributed by atoms with Crippen LogP contribution in [0.2, 0.25) is 0 Å². The first-order chi connectivity index (χ1) is 16.6. The van der Waals surface area contributed by atoms with Gasteiger partial charge in [-0.05, 0) is 25.1 Å². The van der Waals surface area contributed by atoms with E-state index in [0.717, 1.165) is 22.9 Å². The Morgan fingerprint density at radius 3 is 2.26 bits per heavy atom. The molecule has 0 unspecified atom stereocenters. The number of carbonyl (C=O) groups is 1. The molecule has 0 spiro atoms. The van der Waals surface area contributed by atoms with Crippen LogP contribution in [0.1, 0.15) is 24.2 Å². The summed E-state index contributed by atoms with van der Waals surface area (Å²) in [6, 6.07) is 7.01. The molecule has 3 aromatic rings. The van der Waals surface area contributed by atoms with Crippen LogP contribution in [0.25, 0.3) is 0 Å². The number of halogens is 5. The second-order valence-electron chi connectivity index (χ2n) is 7.89. The van der Waals surface area contributed by atoms with E-state index >= 15 is 0 Å². The van der Waals surface area contributed by atoms with Crippen LogP contribution in [-0.4, -0.2) is 50.0 Å². The number of rotatable bonds is 6. The number of hydrogen-bond donors (Lipinski definition) is 0. The van der Waals surface area contributed by atoms with Gasteiger partial charge in [-0.1, -0.05) is 6.07 Å². The van der Waals surface area contributed by atoms with Crippen LogP contribution < -0.4 is 9.47 Å². The summed E-state index contributed by atoms with van der Waals surface area (Å²) in [6.45, 7) is 1.86. The van der Waals surface area contributed by atoms with Crippen molar-refractivity contribution in [1.29, 1.82) is 0 Å². The monoisotopic (exact) mass is 497 g/mol. The number of likely N-dealkylation sites (tertiary alicyclic amines) is 1.